The first kappa shape index (κ1) is 26.3. The van der Waals surface area contributed by atoms with E-state index in [1.54, 1.807) is 0 Å². The van der Waals surface area contributed by atoms with Crippen LogP contribution in [0.5, 0.6) is 0 Å². The molecule has 6 heteroatoms. The summed E-state index contributed by atoms with van der Waals surface area (Å²) in [7, 11) is -3.38. The number of hydrogen-bond acceptors (Lipinski definition) is 3. The van der Waals surface area contributed by atoms with E-state index in [-0.39, 0.29) is 24.5 Å². The van der Waals surface area contributed by atoms with Gasteiger partial charge in [-0.25, -0.2) is 13.1 Å². The molecule has 32 heavy (non-hydrogen) atoms. The lowest BCUT2D eigenvalue weighted by Crippen LogP contribution is -2.38. The monoisotopic (exact) mass is 474 g/mol. The van der Waals surface area contributed by atoms with Crippen molar-refractivity contribution in [1.29, 1.82) is 0 Å². The summed E-state index contributed by atoms with van der Waals surface area (Å²) >= 11 is 0. The molecule has 2 atom stereocenters. The molecule has 2 aromatic carbocycles. The van der Waals surface area contributed by atoms with Crippen molar-refractivity contribution in [3.05, 3.63) is 95.1 Å². The first-order valence-electron chi connectivity index (χ1n) is 11.1. The number of halogens is 1. The van der Waals surface area contributed by atoms with Gasteiger partial charge in [0.15, 0.2) is 0 Å². The summed E-state index contributed by atoms with van der Waals surface area (Å²) in [6.07, 6.45) is 11.4. The molecular formula is C26H35ClN2O2S. The van der Waals surface area contributed by atoms with Crippen molar-refractivity contribution >= 4 is 22.4 Å². The normalized spacial score (nSPS) is 15.8. The zero-order chi connectivity index (χ0) is 22.1. The molecular weight excluding hydrogens is 440 g/mol. The topological polar surface area (TPSA) is 58.2 Å². The number of benzene rings is 2. The van der Waals surface area contributed by atoms with Crippen LogP contribution in [0.3, 0.4) is 0 Å². The molecule has 0 aromatic heterocycles. The molecule has 0 amide bonds. The van der Waals surface area contributed by atoms with Gasteiger partial charge in [0.2, 0.25) is 10.0 Å². The van der Waals surface area contributed by atoms with Gasteiger partial charge in [-0.1, -0.05) is 84.0 Å². The van der Waals surface area contributed by atoms with E-state index in [0.29, 0.717) is 0 Å². The Labute approximate surface area is 199 Å². The summed E-state index contributed by atoms with van der Waals surface area (Å²) in [5.41, 5.74) is 5.01. The van der Waals surface area contributed by atoms with Gasteiger partial charge in [-0.2, -0.15) is 0 Å². The lowest BCUT2D eigenvalue weighted by atomic mass is 9.93. The zero-order valence-corrected chi connectivity index (χ0v) is 20.6. The first-order chi connectivity index (χ1) is 14.9. The van der Waals surface area contributed by atoms with Gasteiger partial charge in [-0.05, 0) is 56.7 Å². The lowest BCUT2D eigenvalue weighted by molar-refractivity contribution is 0.418. The van der Waals surface area contributed by atoms with Crippen molar-refractivity contribution in [2.75, 3.05) is 12.8 Å². The Kier molecular flexibility index (Phi) is 10.7. The van der Waals surface area contributed by atoms with Crippen molar-refractivity contribution in [2.24, 2.45) is 0 Å². The summed E-state index contributed by atoms with van der Waals surface area (Å²) in [6, 6.07) is 19.3. The molecule has 0 saturated heterocycles. The molecule has 2 N–H and O–H groups in total. The zero-order valence-electron chi connectivity index (χ0n) is 19.0. The second kappa shape index (κ2) is 12.9. The van der Waals surface area contributed by atoms with Gasteiger partial charge in [-0.3, -0.25) is 0 Å². The van der Waals surface area contributed by atoms with E-state index in [0.717, 1.165) is 49.8 Å². The van der Waals surface area contributed by atoms with Crippen molar-refractivity contribution in [3.8, 4) is 0 Å². The second-order valence-electron chi connectivity index (χ2n) is 8.40. The molecule has 2 aromatic rings. The molecule has 0 aliphatic heterocycles. The predicted molar refractivity (Wildman–Crippen MR) is 137 cm³/mol. The Bertz CT molecular complexity index is 989. The Morgan fingerprint density at radius 3 is 1.97 bits per heavy atom. The second-order valence-corrected chi connectivity index (χ2v) is 10.2. The van der Waals surface area contributed by atoms with Gasteiger partial charge in [0, 0.05) is 0 Å². The molecule has 0 heterocycles. The third-order valence-electron chi connectivity index (χ3n) is 5.71. The fourth-order valence-electron chi connectivity index (χ4n) is 4.02. The molecule has 0 spiro atoms. The fourth-order valence-corrected chi connectivity index (χ4v) is 4.76. The van der Waals surface area contributed by atoms with Crippen molar-refractivity contribution in [2.45, 2.75) is 51.1 Å². The summed E-state index contributed by atoms with van der Waals surface area (Å²) in [4.78, 5) is 0. The van der Waals surface area contributed by atoms with Gasteiger partial charge < -0.3 is 5.32 Å². The highest BCUT2D eigenvalue weighted by molar-refractivity contribution is 7.88. The van der Waals surface area contributed by atoms with E-state index in [1.165, 1.54) is 17.4 Å². The van der Waals surface area contributed by atoms with Crippen LogP contribution in [0.2, 0.25) is 0 Å². The van der Waals surface area contributed by atoms with Crippen LogP contribution in [0.4, 0.5) is 0 Å². The minimum absolute atomic E-state index is 0. The summed E-state index contributed by atoms with van der Waals surface area (Å²) in [5, 5.41) is 3.64. The van der Waals surface area contributed by atoms with Gasteiger partial charge >= 0.3 is 0 Å². The molecule has 174 valence electrons. The standard InChI is InChI=1S/C26H34N2O2S.ClH/c1-21-16-18-22(19-17-21)11-9-10-20-27-25(23-12-5-3-6-13-23)26(28-31(2,29)30)24-14-7-4-8-15-24;/h3-8,12-16,19,25-28H,9-11,17-18,20H2,1-2H3;1H/t25-,26+;/m1./s1. The number of hydrogen-bond donors (Lipinski definition) is 2. The molecule has 1 aliphatic carbocycles. The number of rotatable bonds is 11. The molecule has 0 saturated carbocycles. The van der Waals surface area contributed by atoms with E-state index in [4.69, 9.17) is 0 Å². The van der Waals surface area contributed by atoms with Crippen LogP contribution in [-0.4, -0.2) is 21.2 Å². The molecule has 0 unspecified atom stereocenters. The Balaban J connectivity index is 0.00000363. The summed E-state index contributed by atoms with van der Waals surface area (Å²) < 4.78 is 27.2. The van der Waals surface area contributed by atoms with Crippen LogP contribution in [0.15, 0.2) is 84.0 Å². The smallest absolute Gasteiger partial charge is 0.209 e. The van der Waals surface area contributed by atoms with Gasteiger partial charge in [0.05, 0.1) is 18.3 Å². The van der Waals surface area contributed by atoms with E-state index in [1.807, 2.05) is 48.5 Å². The van der Waals surface area contributed by atoms with Gasteiger partial charge in [0.25, 0.3) is 0 Å². The summed E-state index contributed by atoms with van der Waals surface area (Å²) in [5.74, 6) is 0. The average Bonchev–Trinajstić information content (AvgIpc) is 2.77. The minimum Gasteiger partial charge on any atom is -0.308 e. The van der Waals surface area contributed by atoms with Crippen molar-refractivity contribution in [3.63, 3.8) is 0 Å². The van der Waals surface area contributed by atoms with Crippen molar-refractivity contribution in [1.82, 2.24) is 10.0 Å². The van der Waals surface area contributed by atoms with Gasteiger partial charge in [-0.15, -0.1) is 12.4 Å². The van der Waals surface area contributed by atoms with E-state index >= 15 is 0 Å². The number of sulfonamides is 1. The minimum atomic E-state index is -3.38. The Hall–Kier alpha value is -1.92. The number of nitrogens with one attached hydrogen (secondary N) is 2. The van der Waals surface area contributed by atoms with Crippen molar-refractivity contribution < 1.29 is 8.42 Å². The molecule has 0 radical (unpaired) electrons. The van der Waals surface area contributed by atoms with Crippen LogP contribution in [0.1, 0.15) is 62.2 Å². The summed E-state index contributed by atoms with van der Waals surface area (Å²) in [6.45, 7) is 3.02. The van der Waals surface area contributed by atoms with Crippen LogP contribution in [0, 0.1) is 0 Å². The third-order valence-corrected chi connectivity index (χ3v) is 6.39. The highest BCUT2D eigenvalue weighted by atomic mass is 35.5. The molecule has 1 aliphatic rings. The number of unbranched alkanes of at least 4 members (excludes halogenated alkanes) is 1. The third kappa shape index (κ3) is 8.55. The van der Waals surface area contributed by atoms with E-state index in [2.05, 4.69) is 41.2 Å². The fraction of sp³-hybridized carbons (Fsp3) is 0.385. The molecule has 4 nitrogen and oxygen atoms in total. The molecule has 0 bridgehead atoms. The maximum absolute atomic E-state index is 12.2. The van der Waals surface area contributed by atoms with E-state index < -0.39 is 10.0 Å². The SMILES string of the molecule is CC1=CCC(CCCCN[C@H](c2ccccc2)[C@@H](NS(C)(=O)=O)c2ccccc2)=CC1.Cl. The maximum atomic E-state index is 12.2. The Morgan fingerprint density at radius 2 is 1.44 bits per heavy atom. The molecule has 3 rings (SSSR count). The highest BCUT2D eigenvalue weighted by Crippen LogP contribution is 2.30. The van der Waals surface area contributed by atoms with Crippen LogP contribution < -0.4 is 10.0 Å². The van der Waals surface area contributed by atoms with Crippen LogP contribution >= 0.6 is 12.4 Å². The van der Waals surface area contributed by atoms with Crippen LogP contribution in [0.25, 0.3) is 0 Å². The molecule has 0 fully saturated rings. The quantitative estimate of drug-likeness (QED) is 0.316. The predicted octanol–water partition coefficient (Wildman–Crippen LogP) is 5.87. The first-order valence-corrected chi connectivity index (χ1v) is 13.0. The highest BCUT2D eigenvalue weighted by Gasteiger charge is 2.27. The number of allylic oxidation sites excluding steroid dienone is 4. The lowest BCUT2D eigenvalue weighted by Gasteiger charge is -2.29. The largest absolute Gasteiger partial charge is 0.308 e. The average molecular weight is 475 g/mol. The van der Waals surface area contributed by atoms with Gasteiger partial charge in [0.1, 0.15) is 0 Å². The van der Waals surface area contributed by atoms with Crippen LogP contribution in [-0.2, 0) is 10.0 Å². The Morgan fingerprint density at radius 1 is 0.844 bits per heavy atom. The van der Waals surface area contributed by atoms with E-state index in [9.17, 15) is 8.42 Å². The maximum Gasteiger partial charge on any atom is 0.209 e.